The monoisotopic (exact) mass is 315 g/mol. The van der Waals surface area contributed by atoms with Gasteiger partial charge in [0.2, 0.25) is 0 Å². The Kier molecular flexibility index (Phi) is 6.81. The van der Waals surface area contributed by atoms with Crippen LogP contribution in [0.5, 0.6) is 0 Å². The summed E-state index contributed by atoms with van der Waals surface area (Å²) >= 11 is 0. The highest BCUT2D eigenvalue weighted by Gasteiger charge is 2.15. The van der Waals surface area contributed by atoms with Crippen LogP contribution in [0.25, 0.3) is 0 Å². The number of benzene rings is 1. The van der Waals surface area contributed by atoms with E-state index in [1.54, 1.807) is 0 Å². The molecule has 2 aromatic rings. The molecule has 0 spiro atoms. The molecule has 0 saturated heterocycles. The van der Waals surface area contributed by atoms with Gasteiger partial charge in [-0.2, -0.15) is 0 Å². The molecule has 1 heterocycles. The van der Waals surface area contributed by atoms with Gasteiger partial charge in [0.05, 0.1) is 5.69 Å². The minimum atomic E-state index is 0.886. The normalized spacial score (nSPS) is 11.6. The molecule has 0 radical (unpaired) electrons. The molecule has 1 aromatic carbocycles. The van der Waals surface area contributed by atoms with E-state index in [1.807, 2.05) is 13.8 Å². The van der Waals surface area contributed by atoms with E-state index in [9.17, 15) is 0 Å². The maximum atomic E-state index is 5.33. The lowest BCUT2D eigenvalue weighted by atomic mass is 10.1. The van der Waals surface area contributed by atoms with Gasteiger partial charge in [-0.1, -0.05) is 49.3 Å². The van der Waals surface area contributed by atoms with Crippen molar-refractivity contribution in [3.05, 3.63) is 52.9 Å². The van der Waals surface area contributed by atoms with E-state index in [0.29, 0.717) is 0 Å². The Balaban J connectivity index is 2.07. The fraction of sp³-hybridized carbons (Fsp3) is 0.526. The van der Waals surface area contributed by atoms with Crippen LogP contribution in [-0.4, -0.2) is 41.1 Å². The van der Waals surface area contributed by atoms with Gasteiger partial charge >= 0.3 is 0 Å². The third-order valence-corrected chi connectivity index (χ3v) is 4.44. The summed E-state index contributed by atoms with van der Waals surface area (Å²) in [7, 11) is 0. The van der Waals surface area contributed by atoms with Crippen molar-refractivity contribution in [2.75, 3.05) is 26.2 Å². The molecular formula is C19H29N3O. The molecule has 1 aromatic heterocycles. The predicted molar refractivity (Wildman–Crippen MR) is 94.3 cm³/mol. The molecule has 4 nitrogen and oxygen atoms in total. The lowest BCUT2D eigenvalue weighted by Gasteiger charge is -2.26. The molecule has 0 aliphatic rings. The molecule has 0 unspecified atom stereocenters. The van der Waals surface area contributed by atoms with E-state index >= 15 is 0 Å². The summed E-state index contributed by atoms with van der Waals surface area (Å²) in [5.74, 6) is 0.934. The molecule has 0 aliphatic heterocycles. The smallest absolute Gasteiger partial charge is 0.138 e. The van der Waals surface area contributed by atoms with E-state index in [4.69, 9.17) is 4.52 Å². The summed E-state index contributed by atoms with van der Waals surface area (Å²) in [6, 6.07) is 10.7. The second kappa shape index (κ2) is 8.85. The van der Waals surface area contributed by atoms with E-state index in [0.717, 1.165) is 50.7 Å². The SMILES string of the molecule is CCN(CC)CCN(Cc1ccccc1)Cc1c(C)noc1C. The van der Waals surface area contributed by atoms with Crippen LogP contribution < -0.4 is 0 Å². The first-order valence-electron chi connectivity index (χ1n) is 8.54. The van der Waals surface area contributed by atoms with Crippen LogP contribution in [0, 0.1) is 13.8 Å². The first kappa shape index (κ1) is 17.7. The van der Waals surface area contributed by atoms with Crippen molar-refractivity contribution in [2.24, 2.45) is 0 Å². The molecule has 0 saturated carbocycles. The quantitative estimate of drug-likeness (QED) is 0.707. The van der Waals surface area contributed by atoms with Crippen LogP contribution in [0.2, 0.25) is 0 Å². The number of likely N-dealkylation sites (N-methyl/N-ethyl adjacent to an activating group) is 1. The Morgan fingerprint density at radius 2 is 1.57 bits per heavy atom. The Morgan fingerprint density at radius 3 is 2.13 bits per heavy atom. The molecule has 4 heteroatoms. The first-order chi connectivity index (χ1) is 11.1. The summed E-state index contributed by atoms with van der Waals surface area (Å²) in [6.45, 7) is 14.6. The summed E-state index contributed by atoms with van der Waals surface area (Å²) in [5.41, 5.74) is 3.57. The number of rotatable bonds is 9. The zero-order valence-electron chi connectivity index (χ0n) is 14.9. The highest BCUT2D eigenvalue weighted by atomic mass is 16.5. The van der Waals surface area contributed by atoms with Crippen molar-refractivity contribution in [1.82, 2.24) is 15.0 Å². The van der Waals surface area contributed by atoms with Crippen LogP contribution in [-0.2, 0) is 13.1 Å². The fourth-order valence-electron chi connectivity index (χ4n) is 2.83. The molecule has 0 bridgehead atoms. The van der Waals surface area contributed by atoms with Gasteiger partial charge in [-0.15, -0.1) is 0 Å². The number of hydrogen-bond donors (Lipinski definition) is 0. The van der Waals surface area contributed by atoms with Crippen molar-refractivity contribution in [3.8, 4) is 0 Å². The average Bonchev–Trinajstić information content (AvgIpc) is 2.88. The zero-order valence-corrected chi connectivity index (χ0v) is 14.9. The van der Waals surface area contributed by atoms with E-state index in [2.05, 4.69) is 59.1 Å². The first-order valence-corrected chi connectivity index (χ1v) is 8.54. The van der Waals surface area contributed by atoms with Crippen LogP contribution >= 0.6 is 0 Å². The third kappa shape index (κ3) is 5.19. The summed E-state index contributed by atoms with van der Waals surface area (Å²) in [6.07, 6.45) is 0. The van der Waals surface area contributed by atoms with Gasteiger partial charge < -0.3 is 9.42 Å². The Labute approximate surface area is 140 Å². The number of aryl methyl sites for hydroxylation is 2. The van der Waals surface area contributed by atoms with E-state index in [-0.39, 0.29) is 0 Å². The zero-order chi connectivity index (χ0) is 16.7. The van der Waals surface area contributed by atoms with Crippen molar-refractivity contribution in [3.63, 3.8) is 0 Å². The molecule has 23 heavy (non-hydrogen) atoms. The van der Waals surface area contributed by atoms with Gasteiger partial charge in [0.15, 0.2) is 0 Å². The van der Waals surface area contributed by atoms with Gasteiger partial charge in [-0.05, 0) is 32.5 Å². The molecule has 0 fully saturated rings. The topological polar surface area (TPSA) is 32.5 Å². The lowest BCUT2D eigenvalue weighted by molar-refractivity contribution is 0.201. The summed E-state index contributed by atoms with van der Waals surface area (Å²) < 4.78 is 5.33. The minimum Gasteiger partial charge on any atom is -0.361 e. The molecule has 0 aliphatic carbocycles. The van der Waals surface area contributed by atoms with Gasteiger partial charge in [-0.3, -0.25) is 4.90 Å². The number of aromatic nitrogens is 1. The Morgan fingerprint density at radius 1 is 0.913 bits per heavy atom. The van der Waals surface area contributed by atoms with Crippen molar-refractivity contribution < 1.29 is 4.52 Å². The molecule has 0 amide bonds. The molecule has 2 rings (SSSR count). The van der Waals surface area contributed by atoms with Gasteiger partial charge in [0.25, 0.3) is 0 Å². The van der Waals surface area contributed by atoms with Crippen LogP contribution in [0.4, 0.5) is 0 Å². The average molecular weight is 315 g/mol. The maximum Gasteiger partial charge on any atom is 0.138 e. The largest absolute Gasteiger partial charge is 0.361 e. The van der Waals surface area contributed by atoms with Crippen molar-refractivity contribution in [1.29, 1.82) is 0 Å². The van der Waals surface area contributed by atoms with Crippen LogP contribution in [0.15, 0.2) is 34.9 Å². The summed E-state index contributed by atoms with van der Waals surface area (Å²) in [5, 5.41) is 4.09. The number of nitrogens with zero attached hydrogens (tertiary/aromatic N) is 3. The lowest BCUT2D eigenvalue weighted by Crippen LogP contribution is -2.34. The van der Waals surface area contributed by atoms with E-state index < -0.39 is 0 Å². The summed E-state index contributed by atoms with van der Waals surface area (Å²) in [4.78, 5) is 4.95. The van der Waals surface area contributed by atoms with Gasteiger partial charge in [0, 0.05) is 31.7 Å². The molecular weight excluding hydrogens is 286 g/mol. The minimum absolute atomic E-state index is 0.886. The molecule has 126 valence electrons. The Bertz CT molecular complexity index is 556. The standard InChI is InChI=1S/C19H29N3O/c1-5-21(6-2)12-13-22(14-18-10-8-7-9-11-18)15-19-16(3)20-23-17(19)4/h7-11H,5-6,12-15H2,1-4H3. The second-order valence-electron chi connectivity index (χ2n) is 6.03. The molecule has 0 N–H and O–H groups in total. The second-order valence-corrected chi connectivity index (χ2v) is 6.03. The van der Waals surface area contributed by atoms with E-state index in [1.165, 1.54) is 11.1 Å². The predicted octanol–water partition coefficient (Wildman–Crippen LogP) is 3.64. The maximum absolute atomic E-state index is 5.33. The van der Waals surface area contributed by atoms with Gasteiger partial charge in [-0.25, -0.2) is 0 Å². The number of hydrogen-bond acceptors (Lipinski definition) is 4. The van der Waals surface area contributed by atoms with Crippen molar-refractivity contribution in [2.45, 2.75) is 40.8 Å². The highest BCUT2D eigenvalue weighted by molar-refractivity contribution is 5.21. The fourth-order valence-corrected chi connectivity index (χ4v) is 2.83. The van der Waals surface area contributed by atoms with Gasteiger partial charge in [0.1, 0.15) is 5.76 Å². The van der Waals surface area contributed by atoms with Crippen LogP contribution in [0.3, 0.4) is 0 Å². The third-order valence-electron chi connectivity index (χ3n) is 4.44. The molecule has 0 atom stereocenters. The Hall–Kier alpha value is -1.65. The van der Waals surface area contributed by atoms with Crippen molar-refractivity contribution >= 4 is 0 Å². The van der Waals surface area contributed by atoms with Crippen LogP contribution in [0.1, 0.15) is 36.4 Å². The highest BCUT2D eigenvalue weighted by Crippen LogP contribution is 2.16.